The summed E-state index contributed by atoms with van der Waals surface area (Å²) >= 11 is 12.4. The number of amides is 2. The molecule has 0 unspecified atom stereocenters. The smallest absolute Gasteiger partial charge is 0.401 e. The van der Waals surface area contributed by atoms with Gasteiger partial charge in [0.2, 0.25) is 5.91 Å². The van der Waals surface area contributed by atoms with Gasteiger partial charge in [-0.05, 0) is 17.7 Å². The SMILES string of the molecule is Cn1cnc2c(c(-c3cc(Cl)c(O)c(C(N)=O)c3)cn2CC(=O)Nc2cc(N3CCN(CC(F)(F)F)CC3)ncc2Cl)c1=O. The Bertz CT molecular complexity index is 1830. The number of aromatic nitrogens is 4. The first-order valence-corrected chi connectivity index (χ1v) is 13.8. The van der Waals surface area contributed by atoms with Crippen LogP contribution in [0.2, 0.25) is 10.0 Å². The second-order valence-electron chi connectivity index (χ2n) is 10.2. The molecule has 44 heavy (non-hydrogen) atoms. The molecule has 1 aromatic carbocycles. The van der Waals surface area contributed by atoms with Crippen LogP contribution in [-0.4, -0.2) is 79.8 Å². The van der Waals surface area contributed by atoms with Crippen LogP contribution < -0.4 is 21.5 Å². The summed E-state index contributed by atoms with van der Waals surface area (Å²) in [7, 11) is 1.50. The summed E-state index contributed by atoms with van der Waals surface area (Å²) in [5.74, 6) is -1.54. The molecule has 3 aromatic heterocycles. The first-order chi connectivity index (χ1) is 20.7. The van der Waals surface area contributed by atoms with Crippen molar-refractivity contribution in [1.29, 1.82) is 0 Å². The number of primary amides is 1. The third kappa shape index (κ3) is 6.44. The minimum Gasteiger partial charge on any atom is -0.506 e. The van der Waals surface area contributed by atoms with E-state index >= 15 is 0 Å². The van der Waals surface area contributed by atoms with Crippen molar-refractivity contribution in [2.75, 3.05) is 42.9 Å². The highest BCUT2D eigenvalue weighted by molar-refractivity contribution is 6.34. The number of anilines is 2. The lowest BCUT2D eigenvalue weighted by Crippen LogP contribution is -2.49. The van der Waals surface area contributed by atoms with Crippen molar-refractivity contribution in [3.05, 3.63) is 62.9 Å². The van der Waals surface area contributed by atoms with Crippen LogP contribution in [0.1, 0.15) is 10.4 Å². The number of phenols is 1. The molecule has 2 amide bonds. The second-order valence-corrected chi connectivity index (χ2v) is 11.0. The average molecular weight is 653 g/mol. The van der Waals surface area contributed by atoms with Crippen molar-refractivity contribution in [3.63, 3.8) is 0 Å². The Balaban J connectivity index is 1.40. The summed E-state index contributed by atoms with van der Waals surface area (Å²) in [5, 5.41) is 13.0. The maximum Gasteiger partial charge on any atom is 0.401 e. The van der Waals surface area contributed by atoms with E-state index in [1.165, 1.54) is 58.0 Å². The van der Waals surface area contributed by atoms with Crippen molar-refractivity contribution in [1.82, 2.24) is 24.0 Å². The van der Waals surface area contributed by atoms with Crippen LogP contribution in [0.25, 0.3) is 22.2 Å². The fraction of sp³-hybridized carbons (Fsp3) is 0.296. The molecule has 17 heteroatoms. The van der Waals surface area contributed by atoms with Gasteiger partial charge in [-0.1, -0.05) is 23.2 Å². The monoisotopic (exact) mass is 652 g/mol. The third-order valence-corrected chi connectivity index (χ3v) is 7.69. The van der Waals surface area contributed by atoms with E-state index in [0.717, 1.165) is 0 Å². The van der Waals surface area contributed by atoms with Gasteiger partial charge in [0.25, 0.3) is 11.5 Å². The molecule has 0 aliphatic carbocycles. The number of carbonyl (C=O) groups excluding carboxylic acids is 2. The van der Waals surface area contributed by atoms with E-state index in [0.29, 0.717) is 24.5 Å². The van der Waals surface area contributed by atoms with Gasteiger partial charge in [0, 0.05) is 51.1 Å². The number of hydrogen-bond donors (Lipinski definition) is 3. The number of aryl methyl sites for hydroxylation is 1. The van der Waals surface area contributed by atoms with Crippen molar-refractivity contribution in [2.24, 2.45) is 12.8 Å². The van der Waals surface area contributed by atoms with Crippen LogP contribution in [0, 0.1) is 0 Å². The highest BCUT2D eigenvalue weighted by atomic mass is 35.5. The molecular formula is C27H25Cl2F3N8O4. The molecule has 232 valence electrons. The first-order valence-electron chi connectivity index (χ1n) is 13.1. The molecule has 4 aromatic rings. The van der Waals surface area contributed by atoms with Crippen LogP contribution in [0.5, 0.6) is 5.75 Å². The van der Waals surface area contributed by atoms with E-state index in [9.17, 15) is 32.7 Å². The number of halogens is 5. The van der Waals surface area contributed by atoms with Gasteiger partial charge in [-0.15, -0.1) is 0 Å². The molecule has 1 saturated heterocycles. The number of carbonyl (C=O) groups is 2. The van der Waals surface area contributed by atoms with Gasteiger partial charge >= 0.3 is 6.18 Å². The van der Waals surface area contributed by atoms with Crippen molar-refractivity contribution in [2.45, 2.75) is 12.7 Å². The van der Waals surface area contributed by atoms with E-state index in [2.05, 4.69) is 15.3 Å². The highest BCUT2D eigenvalue weighted by Crippen LogP contribution is 2.36. The van der Waals surface area contributed by atoms with E-state index in [4.69, 9.17) is 28.9 Å². The van der Waals surface area contributed by atoms with Gasteiger partial charge in [0.15, 0.2) is 0 Å². The Kier molecular flexibility index (Phi) is 8.46. The zero-order valence-electron chi connectivity index (χ0n) is 23.0. The largest absolute Gasteiger partial charge is 0.506 e. The Morgan fingerprint density at radius 1 is 1.09 bits per heavy atom. The molecule has 0 spiro atoms. The number of nitrogens with zero attached hydrogens (tertiary/aromatic N) is 6. The van der Waals surface area contributed by atoms with Crippen LogP contribution in [0.4, 0.5) is 24.7 Å². The zero-order valence-corrected chi connectivity index (χ0v) is 24.5. The third-order valence-electron chi connectivity index (χ3n) is 7.11. The van der Waals surface area contributed by atoms with Crippen LogP contribution in [0.15, 0.2) is 41.7 Å². The molecule has 1 aliphatic rings. The maximum atomic E-state index is 13.2. The first kappa shape index (κ1) is 31.1. The molecule has 4 heterocycles. The second kappa shape index (κ2) is 12.0. The number of aromatic hydroxyl groups is 1. The lowest BCUT2D eigenvalue weighted by molar-refractivity contribution is -0.146. The van der Waals surface area contributed by atoms with E-state index in [-0.39, 0.29) is 57.5 Å². The molecular weight excluding hydrogens is 628 g/mol. The van der Waals surface area contributed by atoms with Crippen LogP contribution in [0.3, 0.4) is 0 Å². The van der Waals surface area contributed by atoms with Gasteiger partial charge in [0.1, 0.15) is 23.8 Å². The molecule has 0 saturated carbocycles. The van der Waals surface area contributed by atoms with Gasteiger partial charge in [0.05, 0.1) is 45.8 Å². The van der Waals surface area contributed by atoms with Gasteiger partial charge in [-0.25, -0.2) is 9.97 Å². The number of nitrogens with two attached hydrogens (primary N) is 1. The summed E-state index contributed by atoms with van der Waals surface area (Å²) in [6.45, 7) is -0.318. The fourth-order valence-corrected chi connectivity index (χ4v) is 5.35. The van der Waals surface area contributed by atoms with Crippen molar-refractivity contribution < 1.29 is 27.9 Å². The number of rotatable bonds is 7. The molecule has 1 fully saturated rings. The molecule has 0 bridgehead atoms. The molecule has 1 aliphatic heterocycles. The topological polar surface area (TPSA) is 152 Å². The van der Waals surface area contributed by atoms with Gasteiger partial charge < -0.3 is 30.2 Å². The number of benzene rings is 1. The van der Waals surface area contributed by atoms with Crippen molar-refractivity contribution in [3.8, 4) is 16.9 Å². The minimum absolute atomic E-state index is 0.133. The van der Waals surface area contributed by atoms with Crippen molar-refractivity contribution >= 4 is 57.6 Å². The maximum absolute atomic E-state index is 13.2. The lowest BCUT2D eigenvalue weighted by atomic mass is 10.0. The number of piperazine rings is 1. The summed E-state index contributed by atoms with van der Waals surface area (Å²) in [4.78, 5) is 50.0. The Labute approximate surface area is 257 Å². The van der Waals surface area contributed by atoms with Gasteiger partial charge in [-0.2, -0.15) is 13.2 Å². The average Bonchev–Trinajstić information content (AvgIpc) is 3.31. The van der Waals surface area contributed by atoms with Gasteiger partial charge in [-0.3, -0.25) is 19.3 Å². The molecule has 5 rings (SSSR count). The van der Waals surface area contributed by atoms with E-state index in [1.54, 1.807) is 4.90 Å². The number of alkyl halides is 3. The summed E-state index contributed by atoms with van der Waals surface area (Å²) < 4.78 is 40.9. The van der Waals surface area contributed by atoms with E-state index < -0.39 is 35.8 Å². The Morgan fingerprint density at radius 2 is 1.80 bits per heavy atom. The predicted molar refractivity (Wildman–Crippen MR) is 158 cm³/mol. The summed E-state index contributed by atoms with van der Waals surface area (Å²) in [6.07, 6.45) is -0.155. The highest BCUT2D eigenvalue weighted by Gasteiger charge is 2.32. The number of fused-ring (bicyclic) bond motifs is 1. The minimum atomic E-state index is -4.28. The standard InChI is InChI=1S/C27H25Cl2F3N8O4/c1-37-13-35-25-22(26(37)44)16(14-6-15(24(33)43)23(42)17(28)7-14)10-40(25)11-21(41)36-19-8-20(34-9-18(19)29)39-4-2-38(3-5-39)12-27(30,31)32/h6-10,13,42H,2-5,11-12H2,1H3,(H2,33,43)(H,34,36,41). The summed E-state index contributed by atoms with van der Waals surface area (Å²) in [6, 6.07) is 4.18. The van der Waals surface area contributed by atoms with Crippen LogP contribution >= 0.6 is 23.2 Å². The van der Waals surface area contributed by atoms with E-state index in [1.807, 2.05) is 0 Å². The Morgan fingerprint density at radius 3 is 2.45 bits per heavy atom. The number of pyridine rings is 1. The molecule has 0 radical (unpaired) electrons. The molecule has 0 atom stereocenters. The number of nitrogens with one attached hydrogen (secondary N) is 1. The summed E-state index contributed by atoms with van der Waals surface area (Å²) in [5.41, 5.74) is 5.67. The Hall–Kier alpha value is -4.34. The predicted octanol–water partition coefficient (Wildman–Crippen LogP) is 3.23. The number of hydrogen-bond acceptors (Lipinski definition) is 8. The molecule has 4 N–H and O–H groups in total. The fourth-order valence-electron chi connectivity index (χ4n) is 4.98. The van der Waals surface area contributed by atoms with Crippen LogP contribution in [-0.2, 0) is 18.4 Å². The zero-order chi connectivity index (χ0) is 31.9. The molecule has 12 nitrogen and oxygen atoms in total. The lowest BCUT2D eigenvalue weighted by Gasteiger charge is -2.35. The quantitative estimate of drug-likeness (QED) is 0.275. The normalized spacial score (nSPS) is 14.3.